The molecule has 1 fully saturated rings. The lowest BCUT2D eigenvalue weighted by Gasteiger charge is -2.30. The van der Waals surface area contributed by atoms with Crippen molar-refractivity contribution in [3.63, 3.8) is 0 Å². The molecular formula is C14H21BrClN3O3S. The molecule has 0 radical (unpaired) electrons. The first kappa shape index (κ1) is 20.4. The average Bonchev–Trinajstić information content (AvgIpc) is 2.42. The fourth-order valence-corrected chi connectivity index (χ4v) is 4.10. The summed E-state index contributed by atoms with van der Waals surface area (Å²) in [5.41, 5.74) is 0.689. The van der Waals surface area contributed by atoms with Gasteiger partial charge in [-0.2, -0.15) is 0 Å². The number of sulfonamides is 1. The number of nitrogens with one attached hydrogen (secondary N) is 2. The van der Waals surface area contributed by atoms with Crippen LogP contribution in [0.1, 0.15) is 29.3 Å². The summed E-state index contributed by atoms with van der Waals surface area (Å²) in [6, 6.07) is 3.10. The maximum atomic E-state index is 12.5. The lowest BCUT2D eigenvalue weighted by Crippen LogP contribution is -2.48. The monoisotopic (exact) mass is 425 g/mol. The Hall–Kier alpha value is -0.670. The molecule has 0 saturated carbocycles. The first-order valence-corrected chi connectivity index (χ1v) is 9.38. The van der Waals surface area contributed by atoms with E-state index in [0.717, 1.165) is 19.5 Å². The van der Waals surface area contributed by atoms with Gasteiger partial charge in [-0.05, 0) is 50.0 Å². The van der Waals surface area contributed by atoms with Crippen molar-refractivity contribution in [2.45, 2.75) is 31.2 Å². The fraction of sp³-hybridized carbons (Fsp3) is 0.500. The number of carbonyl (C=O) groups is 1. The van der Waals surface area contributed by atoms with E-state index < -0.39 is 10.0 Å². The van der Waals surface area contributed by atoms with Crippen molar-refractivity contribution >= 4 is 44.3 Å². The van der Waals surface area contributed by atoms with E-state index in [1.807, 2.05) is 0 Å². The SMILES string of the molecule is Cc1c(C(=O)NC2CCNCC2C)cc(Br)cc1S(N)(=O)=O.Cl. The maximum absolute atomic E-state index is 12.5. The molecule has 1 saturated heterocycles. The van der Waals surface area contributed by atoms with Crippen LogP contribution in [0.5, 0.6) is 0 Å². The van der Waals surface area contributed by atoms with Crippen LogP contribution in [0.3, 0.4) is 0 Å². The number of hydrogen-bond donors (Lipinski definition) is 3. The van der Waals surface area contributed by atoms with Crippen molar-refractivity contribution in [3.8, 4) is 0 Å². The van der Waals surface area contributed by atoms with Crippen LogP contribution in [0.25, 0.3) is 0 Å². The van der Waals surface area contributed by atoms with E-state index in [4.69, 9.17) is 5.14 Å². The molecular weight excluding hydrogens is 406 g/mol. The quantitative estimate of drug-likeness (QED) is 0.682. The second-order valence-corrected chi connectivity index (χ2v) is 8.12. The van der Waals surface area contributed by atoms with Gasteiger partial charge in [0.05, 0.1) is 4.90 Å². The molecule has 2 atom stereocenters. The number of rotatable bonds is 3. The third-order valence-electron chi connectivity index (χ3n) is 3.98. The lowest BCUT2D eigenvalue weighted by molar-refractivity contribution is 0.0913. The van der Waals surface area contributed by atoms with Crippen LogP contribution in [0.4, 0.5) is 0 Å². The van der Waals surface area contributed by atoms with Crippen molar-refractivity contribution in [2.24, 2.45) is 11.1 Å². The van der Waals surface area contributed by atoms with Crippen LogP contribution in [-0.4, -0.2) is 33.5 Å². The largest absolute Gasteiger partial charge is 0.349 e. The summed E-state index contributed by atoms with van der Waals surface area (Å²) < 4.78 is 23.8. The predicted molar refractivity (Wildman–Crippen MR) is 95.4 cm³/mol. The maximum Gasteiger partial charge on any atom is 0.251 e. The van der Waals surface area contributed by atoms with E-state index in [1.165, 1.54) is 6.07 Å². The first-order valence-electron chi connectivity index (χ1n) is 7.04. The average molecular weight is 427 g/mol. The van der Waals surface area contributed by atoms with Gasteiger partial charge in [0.25, 0.3) is 5.91 Å². The number of nitrogens with two attached hydrogens (primary N) is 1. The van der Waals surface area contributed by atoms with E-state index in [0.29, 0.717) is 21.5 Å². The highest BCUT2D eigenvalue weighted by molar-refractivity contribution is 9.10. The van der Waals surface area contributed by atoms with Crippen LogP contribution in [0, 0.1) is 12.8 Å². The lowest BCUT2D eigenvalue weighted by atomic mass is 9.94. The van der Waals surface area contributed by atoms with Gasteiger partial charge in [0.2, 0.25) is 10.0 Å². The molecule has 2 unspecified atom stereocenters. The number of primary sulfonamides is 1. The zero-order valence-corrected chi connectivity index (χ0v) is 16.1. The summed E-state index contributed by atoms with van der Waals surface area (Å²) in [7, 11) is -3.88. The number of carbonyl (C=O) groups excluding carboxylic acids is 1. The van der Waals surface area contributed by atoms with Crippen LogP contribution in [0.15, 0.2) is 21.5 Å². The number of hydrogen-bond acceptors (Lipinski definition) is 4. The molecule has 1 amide bonds. The molecule has 130 valence electrons. The third-order valence-corrected chi connectivity index (χ3v) is 5.47. The molecule has 4 N–H and O–H groups in total. The molecule has 1 aromatic rings. The number of piperidine rings is 1. The zero-order chi connectivity index (χ0) is 16.5. The topological polar surface area (TPSA) is 101 Å². The Morgan fingerprint density at radius 1 is 1.43 bits per heavy atom. The van der Waals surface area contributed by atoms with Gasteiger partial charge >= 0.3 is 0 Å². The molecule has 6 nitrogen and oxygen atoms in total. The highest BCUT2D eigenvalue weighted by atomic mass is 79.9. The fourth-order valence-electron chi connectivity index (χ4n) is 2.66. The highest BCUT2D eigenvalue weighted by Gasteiger charge is 2.25. The molecule has 23 heavy (non-hydrogen) atoms. The minimum atomic E-state index is -3.88. The molecule has 1 aliphatic rings. The summed E-state index contributed by atoms with van der Waals surface area (Å²) in [5, 5.41) is 11.5. The van der Waals surface area contributed by atoms with E-state index in [2.05, 4.69) is 33.5 Å². The zero-order valence-electron chi connectivity index (χ0n) is 12.9. The molecule has 1 heterocycles. The normalized spacial score (nSPS) is 21.4. The molecule has 0 spiro atoms. The second-order valence-electron chi connectivity index (χ2n) is 5.67. The van der Waals surface area contributed by atoms with Crippen molar-refractivity contribution in [1.29, 1.82) is 0 Å². The van der Waals surface area contributed by atoms with E-state index >= 15 is 0 Å². The Labute approximate surface area is 151 Å². The summed E-state index contributed by atoms with van der Waals surface area (Å²) >= 11 is 3.24. The van der Waals surface area contributed by atoms with Crippen molar-refractivity contribution in [1.82, 2.24) is 10.6 Å². The van der Waals surface area contributed by atoms with Gasteiger partial charge < -0.3 is 10.6 Å². The summed E-state index contributed by atoms with van der Waals surface area (Å²) in [6.45, 7) is 5.37. The molecule has 0 aromatic heterocycles. The van der Waals surface area contributed by atoms with Gasteiger partial charge in [-0.1, -0.05) is 22.9 Å². The third kappa shape index (κ3) is 4.90. The van der Waals surface area contributed by atoms with E-state index in [1.54, 1.807) is 13.0 Å². The number of halogens is 2. The Kier molecular flexibility index (Phi) is 7.03. The predicted octanol–water partition coefficient (Wildman–Crippen LogP) is 1.55. The molecule has 1 aliphatic heterocycles. The van der Waals surface area contributed by atoms with Gasteiger partial charge in [0, 0.05) is 16.1 Å². The molecule has 0 bridgehead atoms. The van der Waals surface area contributed by atoms with Crippen LogP contribution < -0.4 is 15.8 Å². The first-order chi connectivity index (χ1) is 10.2. The second kappa shape index (κ2) is 7.94. The Morgan fingerprint density at radius 2 is 2.09 bits per heavy atom. The van der Waals surface area contributed by atoms with Gasteiger partial charge in [-0.25, -0.2) is 13.6 Å². The molecule has 1 aromatic carbocycles. The number of amides is 1. The Morgan fingerprint density at radius 3 is 2.65 bits per heavy atom. The molecule has 0 aliphatic carbocycles. The standard InChI is InChI=1S/C14H20BrN3O3S.ClH/c1-8-7-17-4-3-12(8)18-14(19)11-5-10(15)6-13(9(11)2)22(16,20)21;/h5-6,8,12,17H,3-4,7H2,1-2H3,(H,18,19)(H2,16,20,21);1H. The van der Waals surface area contributed by atoms with Gasteiger partial charge in [0.15, 0.2) is 0 Å². The van der Waals surface area contributed by atoms with E-state index in [-0.39, 0.29) is 29.3 Å². The Bertz CT molecular complexity index is 697. The van der Waals surface area contributed by atoms with Crippen molar-refractivity contribution in [2.75, 3.05) is 13.1 Å². The van der Waals surface area contributed by atoms with Crippen LogP contribution in [0.2, 0.25) is 0 Å². The Balaban J connectivity index is 0.00000264. The minimum Gasteiger partial charge on any atom is -0.349 e. The summed E-state index contributed by atoms with van der Waals surface area (Å²) in [5.74, 6) is 0.0466. The summed E-state index contributed by atoms with van der Waals surface area (Å²) in [6.07, 6.45) is 0.849. The minimum absolute atomic E-state index is 0. The van der Waals surface area contributed by atoms with Gasteiger partial charge in [0.1, 0.15) is 0 Å². The van der Waals surface area contributed by atoms with Crippen molar-refractivity contribution in [3.05, 3.63) is 27.7 Å². The van der Waals surface area contributed by atoms with Crippen LogP contribution >= 0.6 is 28.3 Å². The van der Waals surface area contributed by atoms with Gasteiger partial charge in [-0.15, -0.1) is 12.4 Å². The van der Waals surface area contributed by atoms with Crippen molar-refractivity contribution < 1.29 is 13.2 Å². The number of benzene rings is 1. The molecule has 2 rings (SSSR count). The highest BCUT2D eigenvalue weighted by Crippen LogP contribution is 2.24. The summed E-state index contributed by atoms with van der Waals surface area (Å²) in [4.78, 5) is 12.5. The van der Waals surface area contributed by atoms with Gasteiger partial charge in [-0.3, -0.25) is 4.79 Å². The molecule has 9 heteroatoms. The van der Waals surface area contributed by atoms with Crippen LogP contribution in [-0.2, 0) is 10.0 Å². The smallest absolute Gasteiger partial charge is 0.251 e. The van der Waals surface area contributed by atoms with E-state index in [9.17, 15) is 13.2 Å².